The highest BCUT2D eigenvalue weighted by Gasteiger charge is 2.17. The van der Waals surface area contributed by atoms with Crippen molar-refractivity contribution in [1.29, 1.82) is 0 Å². The fourth-order valence-corrected chi connectivity index (χ4v) is 1.25. The summed E-state index contributed by atoms with van der Waals surface area (Å²) in [5, 5.41) is 11.0. The van der Waals surface area contributed by atoms with Crippen LogP contribution in [0.15, 0.2) is 11.6 Å². The third-order valence-corrected chi connectivity index (χ3v) is 2.01. The van der Waals surface area contributed by atoms with E-state index in [2.05, 4.69) is 5.32 Å². The summed E-state index contributed by atoms with van der Waals surface area (Å²) in [6.07, 6.45) is 2.45. The fraction of sp³-hybridized carbons (Fsp3) is 0.667. The molecule has 1 amide bonds. The van der Waals surface area contributed by atoms with Crippen LogP contribution >= 0.6 is 0 Å². The molecule has 1 unspecified atom stereocenters. The van der Waals surface area contributed by atoms with E-state index in [0.29, 0.717) is 13.2 Å². The Kier molecular flexibility index (Phi) is 3.92. The van der Waals surface area contributed by atoms with E-state index in [4.69, 9.17) is 9.84 Å². The summed E-state index contributed by atoms with van der Waals surface area (Å²) in [6.45, 7) is 2.90. The molecule has 0 bridgehead atoms. The Bertz CT molecular complexity index is 213. The molecule has 4 heteroatoms. The maximum atomic E-state index is 11.1. The van der Waals surface area contributed by atoms with Crippen molar-refractivity contribution >= 4 is 5.91 Å². The lowest BCUT2D eigenvalue weighted by molar-refractivity contribution is -0.116. The molecule has 0 aromatic heterocycles. The van der Waals surface area contributed by atoms with Crippen LogP contribution in [0.2, 0.25) is 0 Å². The predicted octanol–water partition coefficient (Wildman–Crippen LogP) is -0.170. The molecule has 0 saturated carbocycles. The Morgan fingerprint density at radius 1 is 1.85 bits per heavy atom. The van der Waals surface area contributed by atoms with E-state index in [1.807, 2.05) is 6.92 Å². The van der Waals surface area contributed by atoms with Crippen molar-refractivity contribution in [2.45, 2.75) is 19.4 Å². The first-order valence-electron chi connectivity index (χ1n) is 4.45. The van der Waals surface area contributed by atoms with Crippen molar-refractivity contribution in [2.75, 3.05) is 19.8 Å². The number of amides is 1. The largest absolute Gasteiger partial charge is 0.395 e. The van der Waals surface area contributed by atoms with Crippen LogP contribution in [0.5, 0.6) is 0 Å². The zero-order valence-electron chi connectivity index (χ0n) is 7.75. The van der Waals surface area contributed by atoms with Gasteiger partial charge in [-0.05, 0) is 18.9 Å². The van der Waals surface area contributed by atoms with Crippen LogP contribution in [0.4, 0.5) is 0 Å². The van der Waals surface area contributed by atoms with Gasteiger partial charge in [0.25, 0.3) is 0 Å². The molecule has 2 N–H and O–H groups in total. The molecule has 0 radical (unpaired) electrons. The van der Waals surface area contributed by atoms with Gasteiger partial charge in [-0.3, -0.25) is 4.79 Å². The average Bonchev–Trinajstić information content (AvgIpc) is 2.48. The second-order valence-electron chi connectivity index (χ2n) is 3.00. The van der Waals surface area contributed by atoms with Gasteiger partial charge in [-0.1, -0.05) is 0 Å². The van der Waals surface area contributed by atoms with Gasteiger partial charge >= 0.3 is 0 Å². The van der Waals surface area contributed by atoms with Crippen LogP contribution in [0.25, 0.3) is 0 Å². The number of aliphatic hydroxyl groups excluding tert-OH is 1. The monoisotopic (exact) mass is 185 g/mol. The average molecular weight is 185 g/mol. The maximum Gasteiger partial charge on any atom is 0.244 e. The first kappa shape index (κ1) is 10.2. The lowest BCUT2D eigenvalue weighted by Crippen LogP contribution is -2.25. The molecule has 4 nitrogen and oxygen atoms in total. The Hall–Kier alpha value is -0.870. The van der Waals surface area contributed by atoms with Gasteiger partial charge in [0.1, 0.15) is 0 Å². The maximum absolute atomic E-state index is 11.1. The summed E-state index contributed by atoms with van der Waals surface area (Å²) < 4.78 is 5.27. The predicted molar refractivity (Wildman–Crippen MR) is 48.2 cm³/mol. The molecular weight excluding hydrogens is 170 g/mol. The minimum atomic E-state index is -0.151. The van der Waals surface area contributed by atoms with Gasteiger partial charge in [0.15, 0.2) is 0 Å². The quantitative estimate of drug-likeness (QED) is 0.600. The van der Waals surface area contributed by atoms with Crippen LogP contribution in [-0.2, 0) is 9.53 Å². The normalized spacial score (nSPS) is 25.1. The number of hydrogen-bond acceptors (Lipinski definition) is 3. The number of ether oxygens (including phenoxy) is 1. The standard InChI is InChI=1S/C9H15NO3/c1-7-8(2-5-13-7)6-9(12)10-3-4-11/h6-7,11H,2-5H2,1H3,(H,10,12)/b8-6+. The molecule has 1 atom stereocenters. The van der Waals surface area contributed by atoms with Gasteiger partial charge in [-0.25, -0.2) is 0 Å². The molecular formula is C9H15NO3. The topological polar surface area (TPSA) is 58.6 Å². The van der Waals surface area contributed by atoms with Crippen LogP contribution in [-0.4, -0.2) is 36.9 Å². The summed E-state index contributed by atoms with van der Waals surface area (Å²) >= 11 is 0. The summed E-state index contributed by atoms with van der Waals surface area (Å²) in [5.41, 5.74) is 1.02. The van der Waals surface area contributed by atoms with E-state index in [1.165, 1.54) is 0 Å². The molecule has 1 saturated heterocycles. The fourth-order valence-electron chi connectivity index (χ4n) is 1.25. The van der Waals surface area contributed by atoms with Gasteiger partial charge in [0.2, 0.25) is 5.91 Å². The van der Waals surface area contributed by atoms with E-state index >= 15 is 0 Å². The third-order valence-electron chi connectivity index (χ3n) is 2.01. The zero-order chi connectivity index (χ0) is 9.68. The van der Waals surface area contributed by atoms with E-state index in [9.17, 15) is 4.79 Å². The van der Waals surface area contributed by atoms with E-state index in [1.54, 1.807) is 6.08 Å². The van der Waals surface area contributed by atoms with Gasteiger partial charge in [-0.2, -0.15) is 0 Å². The van der Waals surface area contributed by atoms with Crippen molar-refractivity contribution in [3.63, 3.8) is 0 Å². The highest BCUT2D eigenvalue weighted by molar-refractivity contribution is 5.88. The Labute approximate surface area is 77.6 Å². The lowest BCUT2D eigenvalue weighted by Gasteiger charge is -2.03. The number of nitrogens with one attached hydrogen (secondary N) is 1. The van der Waals surface area contributed by atoms with Crippen molar-refractivity contribution in [3.8, 4) is 0 Å². The molecule has 0 aliphatic carbocycles. The van der Waals surface area contributed by atoms with E-state index in [-0.39, 0.29) is 18.6 Å². The second kappa shape index (κ2) is 4.99. The SMILES string of the molecule is CC1OCC/C1=C\C(=O)NCCO. The molecule has 0 spiro atoms. The van der Waals surface area contributed by atoms with Crippen molar-refractivity contribution in [3.05, 3.63) is 11.6 Å². The number of carbonyl (C=O) groups excluding carboxylic acids is 1. The van der Waals surface area contributed by atoms with Gasteiger partial charge in [0.05, 0.1) is 19.3 Å². The number of hydrogen-bond donors (Lipinski definition) is 2. The lowest BCUT2D eigenvalue weighted by atomic mass is 10.1. The highest BCUT2D eigenvalue weighted by atomic mass is 16.5. The molecule has 0 aromatic carbocycles. The number of aliphatic hydroxyl groups is 1. The molecule has 0 aromatic rings. The summed E-state index contributed by atoms with van der Waals surface area (Å²) in [4.78, 5) is 11.1. The molecule has 1 fully saturated rings. The Balaban J connectivity index is 2.40. The van der Waals surface area contributed by atoms with E-state index in [0.717, 1.165) is 12.0 Å². The summed E-state index contributed by atoms with van der Waals surface area (Å²) in [7, 11) is 0. The highest BCUT2D eigenvalue weighted by Crippen LogP contribution is 2.18. The molecule has 74 valence electrons. The van der Waals surface area contributed by atoms with Crippen molar-refractivity contribution < 1.29 is 14.6 Å². The van der Waals surface area contributed by atoms with Crippen LogP contribution < -0.4 is 5.32 Å². The number of rotatable bonds is 3. The smallest absolute Gasteiger partial charge is 0.244 e. The zero-order valence-corrected chi connectivity index (χ0v) is 7.75. The second-order valence-corrected chi connectivity index (χ2v) is 3.00. The van der Waals surface area contributed by atoms with Gasteiger partial charge < -0.3 is 15.2 Å². The molecule has 1 rings (SSSR count). The Morgan fingerprint density at radius 3 is 3.15 bits per heavy atom. The molecule has 13 heavy (non-hydrogen) atoms. The summed E-state index contributed by atoms with van der Waals surface area (Å²) in [5.74, 6) is -0.151. The number of carbonyl (C=O) groups is 1. The van der Waals surface area contributed by atoms with Crippen LogP contribution in [0.3, 0.4) is 0 Å². The third kappa shape index (κ3) is 3.16. The van der Waals surface area contributed by atoms with Crippen molar-refractivity contribution in [1.82, 2.24) is 5.32 Å². The van der Waals surface area contributed by atoms with Gasteiger partial charge in [-0.15, -0.1) is 0 Å². The minimum Gasteiger partial charge on any atom is -0.395 e. The van der Waals surface area contributed by atoms with E-state index < -0.39 is 0 Å². The van der Waals surface area contributed by atoms with Crippen LogP contribution in [0.1, 0.15) is 13.3 Å². The minimum absolute atomic E-state index is 0.0268. The first-order chi connectivity index (χ1) is 6.24. The first-order valence-corrected chi connectivity index (χ1v) is 4.45. The molecule has 1 heterocycles. The molecule has 1 aliphatic rings. The van der Waals surface area contributed by atoms with Crippen LogP contribution in [0, 0.1) is 0 Å². The Morgan fingerprint density at radius 2 is 2.62 bits per heavy atom. The molecule has 1 aliphatic heterocycles. The van der Waals surface area contributed by atoms with Crippen molar-refractivity contribution in [2.24, 2.45) is 0 Å². The summed E-state index contributed by atoms with van der Waals surface area (Å²) in [6, 6.07) is 0. The van der Waals surface area contributed by atoms with Gasteiger partial charge in [0, 0.05) is 12.6 Å².